The van der Waals surface area contributed by atoms with Crippen LogP contribution >= 0.6 is 17.5 Å². The zero-order chi connectivity index (χ0) is 14.9. The van der Waals surface area contributed by atoms with Gasteiger partial charge in [-0.1, -0.05) is 92.3 Å². The van der Waals surface area contributed by atoms with E-state index >= 15 is 0 Å². The summed E-state index contributed by atoms with van der Waals surface area (Å²) in [7, 11) is -2.73. The van der Waals surface area contributed by atoms with Gasteiger partial charge in [0.2, 0.25) is 0 Å². The molecule has 4 heteroatoms. The zero-order valence-corrected chi connectivity index (χ0v) is 17.1. The Kier molecular flexibility index (Phi) is 5.40. The summed E-state index contributed by atoms with van der Waals surface area (Å²) in [5, 5.41) is 1.39. The lowest BCUT2D eigenvalue weighted by atomic mass is 10.4. The van der Waals surface area contributed by atoms with Crippen molar-refractivity contribution in [1.29, 1.82) is 0 Å². The van der Waals surface area contributed by atoms with Crippen molar-refractivity contribution in [3.63, 3.8) is 0 Å². The SMILES string of the molecule is CCP(Cl)(=C([Si](C)(C)C)[Si](C)(C)C)c1ccccc1. The molecule has 0 saturated heterocycles. The highest BCUT2D eigenvalue weighted by atomic mass is 35.7. The molecule has 108 valence electrons. The van der Waals surface area contributed by atoms with E-state index in [0.717, 1.165) is 6.16 Å². The quantitative estimate of drug-likeness (QED) is 0.510. The van der Waals surface area contributed by atoms with Crippen LogP contribution in [0.25, 0.3) is 0 Å². The Morgan fingerprint density at radius 1 is 0.947 bits per heavy atom. The molecule has 0 amide bonds. The maximum atomic E-state index is 7.33. The van der Waals surface area contributed by atoms with E-state index in [0.29, 0.717) is 0 Å². The van der Waals surface area contributed by atoms with Crippen LogP contribution in [-0.4, -0.2) is 26.8 Å². The molecule has 1 atom stereocenters. The van der Waals surface area contributed by atoms with E-state index in [1.165, 1.54) is 5.30 Å². The van der Waals surface area contributed by atoms with Crippen LogP contribution in [-0.2, 0) is 0 Å². The van der Waals surface area contributed by atoms with Crippen molar-refractivity contribution in [3.8, 4) is 0 Å². The van der Waals surface area contributed by atoms with Gasteiger partial charge < -0.3 is 0 Å². The van der Waals surface area contributed by atoms with Crippen molar-refractivity contribution in [2.75, 3.05) is 6.16 Å². The summed E-state index contributed by atoms with van der Waals surface area (Å²) in [5.41, 5.74) is 0. The molecular formula is C15H28ClPSi2. The highest BCUT2D eigenvalue weighted by Gasteiger charge is 2.38. The molecule has 1 aromatic carbocycles. The van der Waals surface area contributed by atoms with Crippen molar-refractivity contribution in [1.82, 2.24) is 0 Å². The largest absolute Gasteiger partial charge is 0.0936 e. The normalized spacial score (nSPS) is 16.0. The van der Waals surface area contributed by atoms with Crippen molar-refractivity contribution in [2.45, 2.75) is 46.2 Å². The second kappa shape index (κ2) is 5.93. The van der Waals surface area contributed by atoms with E-state index < -0.39 is 22.4 Å². The molecule has 0 radical (unpaired) electrons. The molecule has 0 fully saturated rings. The molecule has 0 spiro atoms. The van der Waals surface area contributed by atoms with Crippen LogP contribution in [0, 0.1) is 0 Å². The second-order valence-corrected chi connectivity index (χ2v) is 23.3. The Morgan fingerprint density at radius 3 is 1.68 bits per heavy atom. The molecule has 0 aromatic heterocycles. The number of halogens is 1. The van der Waals surface area contributed by atoms with Gasteiger partial charge in [0.05, 0.1) is 16.1 Å². The Labute approximate surface area is 126 Å². The minimum absolute atomic E-state index is 1.09. The van der Waals surface area contributed by atoms with Crippen molar-refractivity contribution in [2.24, 2.45) is 0 Å². The Morgan fingerprint density at radius 2 is 1.37 bits per heavy atom. The molecule has 1 unspecified atom stereocenters. The molecule has 0 N–H and O–H groups in total. The first kappa shape index (κ1) is 17.3. The molecule has 0 aliphatic rings. The molecule has 0 aliphatic carbocycles. The van der Waals surface area contributed by atoms with Gasteiger partial charge >= 0.3 is 0 Å². The highest BCUT2D eigenvalue weighted by Crippen LogP contribution is 2.56. The Hall–Kier alpha value is 0.244. The standard InChI is InChI=1S/C15H28ClPSi2/c1-8-17(16,14-12-10-9-11-13-14)15(18(2,3)4)19(5,6)7/h9-13H,8H2,1-7H3. The summed E-state index contributed by atoms with van der Waals surface area (Å²) in [6.45, 7) is 17.1. The highest BCUT2D eigenvalue weighted by molar-refractivity contribution is 8.09. The van der Waals surface area contributed by atoms with Crippen LogP contribution in [0.3, 0.4) is 0 Å². The molecule has 0 aliphatic heterocycles. The zero-order valence-electron chi connectivity index (χ0n) is 13.4. The fourth-order valence-electron chi connectivity index (χ4n) is 3.32. The van der Waals surface area contributed by atoms with Gasteiger partial charge in [0, 0.05) is 0 Å². The van der Waals surface area contributed by atoms with E-state index in [9.17, 15) is 0 Å². The summed E-state index contributed by atoms with van der Waals surface area (Å²) in [4.78, 5) is 0. The maximum absolute atomic E-state index is 7.33. The Bertz CT molecular complexity index is 465. The van der Waals surface area contributed by atoms with Crippen LogP contribution in [0.2, 0.25) is 39.3 Å². The van der Waals surface area contributed by atoms with Crippen molar-refractivity contribution >= 4 is 43.5 Å². The summed E-state index contributed by atoms with van der Waals surface area (Å²) in [6.07, 6.45) is -0.558. The number of benzene rings is 1. The van der Waals surface area contributed by atoms with Crippen molar-refractivity contribution in [3.05, 3.63) is 30.3 Å². The third-order valence-electron chi connectivity index (χ3n) is 3.38. The smallest absolute Gasteiger partial charge is 0.0701 e. The number of hydrogen-bond acceptors (Lipinski definition) is 0. The molecule has 0 nitrogen and oxygen atoms in total. The third-order valence-corrected chi connectivity index (χ3v) is 22.4. The molecule has 0 heterocycles. The van der Waals surface area contributed by atoms with Gasteiger partial charge in [-0.05, 0) is 17.7 Å². The first-order chi connectivity index (χ1) is 8.53. The fraction of sp³-hybridized carbons (Fsp3) is 0.533. The average Bonchev–Trinajstić information content (AvgIpc) is 2.26. The van der Waals surface area contributed by atoms with Gasteiger partial charge in [-0.15, -0.1) is 0 Å². The van der Waals surface area contributed by atoms with Gasteiger partial charge in [-0.3, -0.25) is 0 Å². The van der Waals surface area contributed by atoms with E-state index in [-0.39, 0.29) is 0 Å². The minimum atomic E-state index is -1.64. The average molecular weight is 331 g/mol. The lowest BCUT2D eigenvalue weighted by Gasteiger charge is -2.39. The summed E-state index contributed by atoms with van der Waals surface area (Å²) >= 11 is 7.33. The predicted octanol–water partition coefficient (Wildman–Crippen LogP) is 5.43. The van der Waals surface area contributed by atoms with Gasteiger partial charge in [-0.2, -0.15) is 0 Å². The summed E-state index contributed by atoms with van der Waals surface area (Å²) in [6, 6.07) is 10.8. The lowest BCUT2D eigenvalue weighted by molar-refractivity contribution is 1.51. The molecule has 0 saturated carbocycles. The van der Waals surface area contributed by atoms with E-state index in [1.807, 2.05) is 0 Å². The number of hydrogen-bond donors (Lipinski definition) is 0. The third kappa shape index (κ3) is 3.88. The van der Waals surface area contributed by atoms with Crippen LogP contribution in [0.1, 0.15) is 6.92 Å². The predicted molar refractivity (Wildman–Crippen MR) is 101 cm³/mol. The molecule has 0 bridgehead atoms. The fourth-order valence-corrected chi connectivity index (χ4v) is 29.0. The lowest BCUT2D eigenvalue weighted by Crippen LogP contribution is -2.51. The first-order valence-corrected chi connectivity index (χ1v) is 16.9. The summed E-state index contributed by atoms with van der Waals surface area (Å²) < 4.78 is 1.79. The molecule has 1 aromatic rings. The van der Waals surface area contributed by atoms with E-state index in [2.05, 4.69) is 76.5 Å². The Balaban J connectivity index is 3.75. The van der Waals surface area contributed by atoms with E-state index in [1.54, 1.807) is 4.54 Å². The van der Waals surface area contributed by atoms with Crippen molar-refractivity contribution < 1.29 is 0 Å². The topological polar surface area (TPSA) is 0 Å². The van der Waals surface area contributed by atoms with Crippen LogP contribution in [0.5, 0.6) is 0 Å². The number of rotatable bonds is 4. The van der Waals surface area contributed by atoms with Gasteiger partial charge in [-0.25, -0.2) is 0 Å². The second-order valence-electron chi connectivity index (χ2n) is 7.22. The minimum Gasteiger partial charge on any atom is -0.0936 e. The molecular weight excluding hydrogens is 303 g/mol. The van der Waals surface area contributed by atoms with Crippen LogP contribution in [0.4, 0.5) is 0 Å². The van der Waals surface area contributed by atoms with Gasteiger partial charge in [0.15, 0.2) is 0 Å². The molecule has 19 heavy (non-hydrogen) atoms. The molecule has 1 rings (SSSR count). The first-order valence-electron chi connectivity index (χ1n) is 7.05. The van der Waals surface area contributed by atoms with Gasteiger partial charge in [0.25, 0.3) is 0 Å². The maximum Gasteiger partial charge on any atom is 0.0701 e. The van der Waals surface area contributed by atoms with E-state index in [4.69, 9.17) is 11.2 Å². The van der Waals surface area contributed by atoms with Crippen LogP contribution in [0.15, 0.2) is 30.3 Å². The van der Waals surface area contributed by atoms with Gasteiger partial charge in [0.1, 0.15) is 0 Å². The van der Waals surface area contributed by atoms with Crippen LogP contribution < -0.4 is 5.30 Å². The monoisotopic (exact) mass is 330 g/mol. The summed E-state index contributed by atoms with van der Waals surface area (Å²) in [5.74, 6) is 0.